The first-order valence-electron chi connectivity index (χ1n) is 7.08. The Balaban J connectivity index is 0.00000110. The predicted octanol–water partition coefficient (Wildman–Crippen LogP) is 3.66. The van der Waals surface area contributed by atoms with E-state index < -0.39 is 0 Å². The summed E-state index contributed by atoms with van der Waals surface area (Å²) in [5.41, 5.74) is 1.39. The Morgan fingerprint density at radius 3 is 2.48 bits per heavy atom. The number of ether oxygens (including phenoxy) is 1. The number of nitrogens with one attached hydrogen (secondary N) is 1. The second-order valence-electron chi connectivity index (χ2n) is 5.46. The van der Waals surface area contributed by atoms with E-state index in [-0.39, 0.29) is 24.8 Å². The quantitative estimate of drug-likeness (QED) is 0.838. The fourth-order valence-electron chi connectivity index (χ4n) is 3.00. The van der Waals surface area contributed by atoms with E-state index in [2.05, 4.69) is 38.3 Å². The molecular formula is C15H23BrCl2N2O. The number of hydrogen-bond donors (Lipinski definition) is 1. The number of hydrogen-bond acceptors (Lipinski definition) is 3. The van der Waals surface area contributed by atoms with E-state index >= 15 is 0 Å². The molecule has 6 heteroatoms. The predicted molar refractivity (Wildman–Crippen MR) is 95.1 cm³/mol. The van der Waals surface area contributed by atoms with Crippen molar-refractivity contribution < 1.29 is 4.74 Å². The molecule has 1 heterocycles. The summed E-state index contributed by atoms with van der Waals surface area (Å²) < 4.78 is 6.61. The molecule has 1 saturated carbocycles. The molecule has 0 bridgehead atoms. The molecule has 2 fully saturated rings. The van der Waals surface area contributed by atoms with Crippen LogP contribution in [0.2, 0.25) is 0 Å². The molecule has 1 atom stereocenters. The van der Waals surface area contributed by atoms with Gasteiger partial charge in [0.1, 0.15) is 5.75 Å². The van der Waals surface area contributed by atoms with Crippen LogP contribution in [0.5, 0.6) is 5.75 Å². The average Bonchev–Trinajstić information content (AvgIpc) is 3.27. The number of methoxy groups -OCH3 is 1. The van der Waals surface area contributed by atoms with Crippen molar-refractivity contribution >= 4 is 40.7 Å². The summed E-state index contributed by atoms with van der Waals surface area (Å²) >= 11 is 3.73. The first-order chi connectivity index (χ1) is 9.29. The van der Waals surface area contributed by atoms with Crippen molar-refractivity contribution in [1.29, 1.82) is 0 Å². The maximum Gasteiger partial charge on any atom is 0.119 e. The number of halogens is 3. The van der Waals surface area contributed by atoms with Crippen molar-refractivity contribution in [3.63, 3.8) is 0 Å². The van der Waals surface area contributed by atoms with Gasteiger partial charge >= 0.3 is 0 Å². The Morgan fingerprint density at radius 1 is 1.24 bits per heavy atom. The molecule has 0 radical (unpaired) electrons. The molecule has 1 aliphatic carbocycles. The molecule has 3 nitrogen and oxygen atoms in total. The zero-order chi connectivity index (χ0) is 13.2. The lowest BCUT2D eigenvalue weighted by Gasteiger charge is -2.36. The lowest BCUT2D eigenvalue weighted by Crippen LogP contribution is -2.45. The van der Waals surface area contributed by atoms with Crippen molar-refractivity contribution in [2.45, 2.75) is 18.9 Å². The molecule has 3 rings (SSSR count). The summed E-state index contributed by atoms with van der Waals surface area (Å²) in [5.74, 6) is 1.78. The molecule has 1 saturated heterocycles. The van der Waals surface area contributed by atoms with Gasteiger partial charge in [-0.25, -0.2) is 0 Å². The van der Waals surface area contributed by atoms with Gasteiger partial charge in [0, 0.05) is 36.7 Å². The van der Waals surface area contributed by atoms with Crippen molar-refractivity contribution in [2.24, 2.45) is 5.92 Å². The Hall–Kier alpha value is -0.000000000000000111. The van der Waals surface area contributed by atoms with Gasteiger partial charge in [-0.05, 0) is 42.5 Å². The molecule has 1 aromatic rings. The lowest BCUT2D eigenvalue weighted by atomic mass is 9.99. The Bertz CT molecular complexity index is 451. The highest BCUT2D eigenvalue weighted by atomic mass is 79.9. The van der Waals surface area contributed by atoms with Crippen LogP contribution in [0.25, 0.3) is 0 Å². The highest BCUT2D eigenvalue weighted by Crippen LogP contribution is 2.47. The molecule has 1 aliphatic heterocycles. The third kappa shape index (κ3) is 4.49. The standard InChI is InChI=1S/C15H21BrN2O.2ClH/c1-19-12-4-5-14(16)13(10-12)15(11-2-3-11)18-8-6-17-7-9-18;;/h4-5,10-11,15,17H,2-3,6-9H2,1H3;2*1H/t15-;;/m1../s1. The van der Waals surface area contributed by atoms with E-state index in [0.717, 1.165) is 37.8 Å². The number of benzene rings is 1. The summed E-state index contributed by atoms with van der Waals surface area (Å²) in [5, 5.41) is 3.44. The molecule has 0 unspecified atom stereocenters. The van der Waals surface area contributed by atoms with E-state index in [4.69, 9.17) is 4.74 Å². The molecule has 0 amide bonds. The molecular weight excluding hydrogens is 375 g/mol. The Labute approximate surface area is 147 Å². The zero-order valence-corrected chi connectivity index (χ0v) is 15.4. The van der Waals surface area contributed by atoms with Gasteiger partial charge in [-0.1, -0.05) is 15.9 Å². The Morgan fingerprint density at radius 2 is 1.90 bits per heavy atom. The van der Waals surface area contributed by atoms with Gasteiger partial charge in [0.05, 0.1) is 7.11 Å². The van der Waals surface area contributed by atoms with Gasteiger partial charge in [-0.3, -0.25) is 4.90 Å². The normalized spacial score (nSPS) is 20.1. The third-order valence-corrected chi connectivity index (χ3v) is 4.86. The minimum atomic E-state index is 0. The molecule has 0 spiro atoms. The highest BCUT2D eigenvalue weighted by molar-refractivity contribution is 9.10. The van der Waals surface area contributed by atoms with Gasteiger partial charge < -0.3 is 10.1 Å². The average molecular weight is 398 g/mol. The topological polar surface area (TPSA) is 24.5 Å². The van der Waals surface area contributed by atoms with Gasteiger partial charge in [0.2, 0.25) is 0 Å². The van der Waals surface area contributed by atoms with Crippen LogP contribution in [0.1, 0.15) is 24.4 Å². The summed E-state index contributed by atoms with van der Waals surface area (Å²) in [4.78, 5) is 2.63. The van der Waals surface area contributed by atoms with E-state index in [0.29, 0.717) is 6.04 Å². The van der Waals surface area contributed by atoms with Gasteiger partial charge in [-0.15, -0.1) is 24.8 Å². The van der Waals surface area contributed by atoms with E-state index in [9.17, 15) is 0 Å². The summed E-state index contributed by atoms with van der Waals surface area (Å²) in [6.45, 7) is 4.49. The van der Waals surface area contributed by atoms with Crippen molar-refractivity contribution in [1.82, 2.24) is 10.2 Å². The van der Waals surface area contributed by atoms with Crippen molar-refractivity contribution in [2.75, 3.05) is 33.3 Å². The van der Waals surface area contributed by atoms with Crippen LogP contribution in [-0.2, 0) is 0 Å². The molecule has 21 heavy (non-hydrogen) atoms. The van der Waals surface area contributed by atoms with Gasteiger partial charge in [0.25, 0.3) is 0 Å². The van der Waals surface area contributed by atoms with Gasteiger partial charge in [0.15, 0.2) is 0 Å². The van der Waals surface area contributed by atoms with E-state index in [1.807, 2.05) is 6.07 Å². The first kappa shape index (κ1) is 19.0. The minimum absolute atomic E-state index is 0. The van der Waals surface area contributed by atoms with Crippen LogP contribution < -0.4 is 10.1 Å². The molecule has 120 valence electrons. The smallest absolute Gasteiger partial charge is 0.119 e. The van der Waals surface area contributed by atoms with Crippen LogP contribution in [0.4, 0.5) is 0 Å². The minimum Gasteiger partial charge on any atom is -0.497 e. The van der Waals surface area contributed by atoms with E-state index in [1.165, 1.54) is 22.9 Å². The summed E-state index contributed by atoms with van der Waals surface area (Å²) in [6, 6.07) is 6.89. The van der Waals surface area contributed by atoms with Crippen LogP contribution in [-0.4, -0.2) is 38.2 Å². The number of rotatable bonds is 4. The first-order valence-corrected chi connectivity index (χ1v) is 7.87. The highest BCUT2D eigenvalue weighted by Gasteiger charge is 2.37. The van der Waals surface area contributed by atoms with Gasteiger partial charge in [-0.2, -0.15) is 0 Å². The maximum atomic E-state index is 5.40. The van der Waals surface area contributed by atoms with Crippen LogP contribution in [0.3, 0.4) is 0 Å². The fraction of sp³-hybridized carbons (Fsp3) is 0.600. The molecule has 1 aromatic carbocycles. The molecule has 0 aromatic heterocycles. The molecule has 1 N–H and O–H groups in total. The Kier molecular flexibility index (Phi) is 7.79. The second-order valence-corrected chi connectivity index (χ2v) is 6.31. The van der Waals surface area contributed by atoms with Crippen LogP contribution in [0.15, 0.2) is 22.7 Å². The van der Waals surface area contributed by atoms with Crippen LogP contribution >= 0.6 is 40.7 Å². The SMILES string of the molecule is COc1ccc(Br)c([C@@H](C2CC2)N2CCNCC2)c1.Cl.Cl. The lowest BCUT2D eigenvalue weighted by molar-refractivity contribution is 0.155. The monoisotopic (exact) mass is 396 g/mol. The maximum absolute atomic E-state index is 5.40. The molecule has 2 aliphatic rings. The third-order valence-electron chi connectivity index (χ3n) is 4.14. The van der Waals surface area contributed by atoms with Crippen LogP contribution in [0, 0.1) is 5.92 Å². The largest absolute Gasteiger partial charge is 0.497 e. The fourth-order valence-corrected chi connectivity index (χ4v) is 3.48. The second kappa shape index (κ2) is 8.59. The summed E-state index contributed by atoms with van der Waals surface area (Å²) in [6.07, 6.45) is 2.72. The number of piperazine rings is 1. The van der Waals surface area contributed by atoms with Crippen molar-refractivity contribution in [3.05, 3.63) is 28.2 Å². The summed E-state index contributed by atoms with van der Waals surface area (Å²) in [7, 11) is 1.74. The zero-order valence-electron chi connectivity index (χ0n) is 12.2. The number of nitrogens with zero attached hydrogens (tertiary/aromatic N) is 1. The van der Waals surface area contributed by atoms with E-state index in [1.54, 1.807) is 7.11 Å². The van der Waals surface area contributed by atoms with Crippen molar-refractivity contribution in [3.8, 4) is 5.75 Å².